The third kappa shape index (κ3) is 9.35. The second-order valence-electron chi connectivity index (χ2n) is 18.2. The van der Waals surface area contributed by atoms with Gasteiger partial charge < -0.3 is 19.7 Å². The Bertz CT molecular complexity index is 2880. The zero-order chi connectivity index (χ0) is 45.3. The predicted molar refractivity (Wildman–Crippen MR) is 275 cm³/mol. The van der Waals surface area contributed by atoms with Crippen molar-refractivity contribution in [1.29, 1.82) is 0 Å². The number of hydrogen-bond acceptors (Lipinski definition) is 8. The van der Waals surface area contributed by atoms with Crippen LogP contribution in [0.3, 0.4) is 0 Å². The number of nitrogens with zero attached hydrogens (tertiary/aromatic N) is 7. The summed E-state index contributed by atoms with van der Waals surface area (Å²) < 4.78 is 4.30. The Hall–Kier alpha value is -5.63. The molecule has 12 nitrogen and oxygen atoms in total. The maximum absolute atomic E-state index is 13.7. The van der Waals surface area contributed by atoms with E-state index in [0.717, 1.165) is 92.8 Å². The van der Waals surface area contributed by atoms with Crippen molar-refractivity contribution in [3.8, 4) is 11.1 Å². The molecule has 0 saturated carbocycles. The van der Waals surface area contributed by atoms with Crippen LogP contribution in [0.25, 0.3) is 33.1 Å². The van der Waals surface area contributed by atoms with E-state index in [2.05, 4.69) is 138 Å². The van der Waals surface area contributed by atoms with Crippen molar-refractivity contribution >= 4 is 85.1 Å². The van der Waals surface area contributed by atoms with Gasteiger partial charge in [-0.1, -0.05) is 30.3 Å². The van der Waals surface area contributed by atoms with Crippen molar-refractivity contribution in [2.75, 3.05) is 48.3 Å². The second-order valence-corrected chi connectivity index (χ2v) is 20.3. The molecule has 0 aliphatic carbocycles. The van der Waals surface area contributed by atoms with Crippen LogP contribution < -0.4 is 20.4 Å². The van der Waals surface area contributed by atoms with E-state index in [1.165, 1.54) is 39.0 Å². The number of amides is 3. The number of halogens is 1. The van der Waals surface area contributed by atoms with Gasteiger partial charge in [-0.15, -0.1) is 0 Å². The second kappa shape index (κ2) is 19.3. The number of carbonyl (C=O) groups excluding carboxylic acids is 3. The normalized spacial score (nSPS) is 17.9. The molecule has 338 valence electrons. The summed E-state index contributed by atoms with van der Waals surface area (Å²) in [4.78, 5) is 48.8. The van der Waals surface area contributed by atoms with Gasteiger partial charge in [-0.25, -0.2) is 9.44 Å². The SMILES string of the molecule is CN(C(=O)c1ccc(C2CCN(Cc3cc4c(-c5ccc6c(cnn6PI)c5)ccnc4n3C)CC2)cc1)c1ccc(CC2CCN(c3ccc(NC4CCC(=O)NC4=O)cc3)CC2)cc1. The number of imide groups is 1. The van der Waals surface area contributed by atoms with Gasteiger partial charge in [0, 0.05) is 85.4 Å². The Morgan fingerprint density at radius 3 is 2.36 bits per heavy atom. The first-order chi connectivity index (χ1) is 32.2. The number of pyridine rings is 1. The number of piperidine rings is 3. The lowest BCUT2D eigenvalue weighted by Crippen LogP contribution is -2.47. The van der Waals surface area contributed by atoms with Gasteiger partial charge in [-0.3, -0.25) is 24.6 Å². The van der Waals surface area contributed by atoms with Crippen LogP contribution in [0.5, 0.6) is 0 Å². The number of aryl methyl sites for hydroxylation is 1. The van der Waals surface area contributed by atoms with E-state index in [4.69, 9.17) is 4.98 Å². The smallest absolute Gasteiger partial charge is 0.258 e. The first kappa shape index (κ1) is 44.2. The van der Waals surface area contributed by atoms with E-state index >= 15 is 0 Å². The highest BCUT2D eigenvalue weighted by Gasteiger charge is 2.27. The number of benzene rings is 4. The van der Waals surface area contributed by atoms with Gasteiger partial charge in [0.1, 0.15) is 11.7 Å². The average molecular weight is 1010 g/mol. The Balaban J connectivity index is 0.686. The molecule has 0 radical (unpaired) electrons. The summed E-state index contributed by atoms with van der Waals surface area (Å²) in [6, 6.07) is 35.8. The van der Waals surface area contributed by atoms with E-state index in [-0.39, 0.29) is 23.8 Å². The number of hydrogen-bond donors (Lipinski definition) is 2. The minimum atomic E-state index is -0.383. The molecule has 3 aromatic heterocycles. The van der Waals surface area contributed by atoms with Gasteiger partial charge in [0.2, 0.25) is 11.8 Å². The largest absolute Gasteiger partial charge is 0.374 e. The lowest BCUT2D eigenvalue weighted by Gasteiger charge is -2.34. The summed E-state index contributed by atoms with van der Waals surface area (Å²) in [6.45, 7) is 4.92. The standard InChI is InChI=1S/C52H55IN9O3P/c1-58-44(31-46-45(19-24-54-50(46)58)39-9-17-48-40(30-39)32-55-62(48)66-53)33-60-25-22-37(23-26-60)36-5-7-38(8-6-36)52(65)59(2)42-12-3-34(4-13-42)29-35-20-27-61(28-21-35)43-14-10-41(11-15-43)56-47-16-18-49(63)57-51(47)64/h3-15,17,19,24,30-32,35,37,47,56,66H,16,18,20-23,25-29,33H2,1-2H3,(H,57,63,64). The van der Waals surface area contributed by atoms with Crippen molar-refractivity contribution in [3.05, 3.63) is 138 Å². The van der Waals surface area contributed by atoms with E-state index in [0.29, 0.717) is 36.6 Å². The first-order valence-electron chi connectivity index (χ1n) is 23.1. The molecule has 2 unspecified atom stereocenters. The van der Waals surface area contributed by atoms with Gasteiger partial charge in [0.25, 0.3) is 5.91 Å². The van der Waals surface area contributed by atoms with Crippen molar-refractivity contribution in [1.82, 2.24) is 29.3 Å². The maximum atomic E-state index is 13.7. The van der Waals surface area contributed by atoms with Crippen LogP contribution in [0.1, 0.15) is 71.6 Å². The minimum absolute atomic E-state index is 0.00274. The summed E-state index contributed by atoms with van der Waals surface area (Å²) >= 11 is 2.37. The molecule has 0 bridgehead atoms. The fourth-order valence-corrected chi connectivity index (χ4v) is 11.7. The third-order valence-electron chi connectivity index (χ3n) is 14.2. The van der Waals surface area contributed by atoms with Crippen molar-refractivity contribution in [3.63, 3.8) is 0 Å². The zero-order valence-corrected chi connectivity index (χ0v) is 40.6. The molecule has 3 saturated heterocycles. The van der Waals surface area contributed by atoms with Crippen LogP contribution >= 0.6 is 28.4 Å². The Morgan fingerprint density at radius 1 is 0.879 bits per heavy atom. The van der Waals surface area contributed by atoms with E-state index in [1.54, 1.807) is 4.90 Å². The Kier molecular flexibility index (Phi) is 12.9. The average Bonchev–Trinajstić information content (AvgIpc) is 3.92. The van der Waals surface area contributed by atoms with Crippen LogP contribution in [0.4, 0.5) is 17.1 Å². The number of likely N-dealkylation sites (tertiary alicyclic amines) is 1. The zero-order valence-electron chi connectivity index (χ0n) is 37.4. The lowest BCUT2D eigenvalue weighted by molar-refractivity contribution is -0.133. The molecular formula is C52H55IN9O3P. The molecule has 66 heavy (non-hydrogen) atoms. The molecule has 14 heteroatoms. The fraction of sp³-hybridized carbons (Fsp3) is 0.327. The molecule has 7 aromatic rings. The Morgan fingerprint density at radius 2 is 1.64 bits per heavy atom. The predicted octanol–water partition coefficient (Wildman–Crippen LogP) is 9.71. The van der Waals surface area contributed by atoms with Crippen LogP contribution in [0.15, 0.2) is 116 Å². The number of nitrogens with one attached hydrogen (secondary N) is 2. The first-order valence-corrected chi connectivity index (χ1v) is 27.2. The summed E-state index contributed by atoms with van der Waals surface area (Å²) in [6.07, 6.45) is 10.7. The molecule has 6 heterocycles. The molecular weight excluding hydrogens is 957 g/mol. The van der Waals surface area contributed by atoms with Gasteiger partial charge in [0.05, 0.1) is 18.1 Å². The highest BCUT2D eigenvalue weighted by molar-refractivity contribution is 14.2. The third-order valence-corrected chi connectivity index (χ3v) is 16.1. The molecule has 0 spiro atoms. The van der Waals surface area contributed by atoms with Crippen LogP contribution in [-0.4, -0.2) is 81.0 Å². The maximum Gasteiger partial charge on any atom is 0.258 e. The summed E-state index contributed by atoms with van der Waals surface area (Å²) in [7, 11) is 4.00. The van der Waals surface area contributed by atoms with E-state index in [9.17, 15) is 14.4 Å². The lowest BCUT2D eigenvalue weighted by atomic mass is 9.89. The van der Waals surface area contributed by atoms with Gasteiger partial charge >= 0.3 is 0 Å². The monoisotopic (exact) mass is 1010 g/mol. The molecule has 3 aliphatic rings. The quantitative estimate of drug-likeness (QED) is 0.0706. The highest BCUT2D eigenvalue weighted by Crippen LogP contribution is 2.36. The molecule has 2 atom stereocenters. The van der Waals surface area contributed by atoms with Gasteiger partial charge in [-0.05, 0) is 181 Å². The number of anilines is 3. The number of carbonyl (C=O) groups is 3. The molecule has 3 amide bonds. The molecule has 4 aromatic carbocycles. The Labute approximate surface area is 400 Å². The van der Waals surface area contributed by atoms with Crippen molar-refractivity contribution < 1.29 is 14.4 Å². The van der Waals surface area contributed by atoms with Crippen LogP contribution in [0.2, 0.25) is 0 Å². The summed E-state index contributed by atoms with van der Waals surface area (Å²) in [5, 5.41) is 12.6. The van der Waals surface area contributed by atoms with Crippen molar-refractivity contribution in [2.24, 2.45) is 13.0 Å². The van der Waals surface area contributed by atoms with E-state index in [1.807, 2.05) is 48.2 Å². The molecule has 3 aliphatic heterocycles. The van der Waals surface area contributed by atoms with Crippen LogP contribution in [0, 0.1) is 5.92 Å². The molecule has 2 N–H and O–H groups in total. The van der Waals surface area contributed by atoms with Gasteiger partial charge in [0.15, 0.2) is 0 Å². The number of aromatic nitrogens is 4. The van der Waals surface area contributed by atoms with E-state index < -0.39 is 0 Å². The summed E-state index contributed by atoms with van der Waals surface area (Å²) in [5.74, 6) is 0.607. The van der Waals surface area contributed by atoms with Gasteiger partial charge in [-0.2, -0.15) is 5.10 Å². The minimum Gasteiger partial charge on any atom is -0.374 e. The number of fused-ring (bicyclic) bond motifs is 2. The van der Waals surface area contributed by atoms with Crippen molar-refractivity contribution in [2.45, 2.75) is 63.5 Å². The summed E-state index contributed by atoms with van der Waals surface area (Å²) in [5.41, 5.74) is 12.1. The number of rotatable bonds is 12. The molecule has 3 fully saturated rings. The highest BCUT2D eigenvalue weighted by atomic mass is 127. The topological polar surface area (TPSA) is 121 Å². The fourth-order valence-electron chi connectivity index (χ4n) is 10.2. The van der Waals surface area contributed by atoms with Crippen LogP contribution in [-0.2, 0) is 29.6 Å². The molecule has 10 rings (SSSR count).